The first-order chi connectivity index (χ1) is 10.1. The van der Waals surface area contributed by atoms with Gasteiger partial charge in [0.2, 0.25) is 0 Å². The molecule has 21 heavy (non-hydrogen) atoms. The number of rotatable bonds is 12. The second kappa shape index (κ2) is 12.6. The minimum atomic E-state index is -0.519. The zero-order chi connectivity index (χ0) is 16.1. The largest absolute Gasteiger partial charge is 0.464 e. The van der Waals surface area contributed by atoms with Gasteiger partial charge in [0.1, 0.15) is 19.6 Å². The molecule has 0 unspecified atom stereocenters. The SMILES string of the molecule is CCN(CC)CCOC(=O)CC(=O)OCCN(CC)CC. The third kappa shape index (κ3) is 10.3. The van der Waals surface area contributed by atoms with Crippen molar-refractivity contribution in [3.05, 3.63) is 0 Å². The average Bonchev–Trinajstić information content (AvgIpc) is 2.48. The van der Waals surface area contributed by atoms with Gasteiger partial charge in [-0.25, -0.2) is 0 Å². The summed E-state index contributed by atoms with van der Waals surface area (Å²) in [6.45, 7) is 13.9. The summed E-state index contributed by atoms with van der Waals surface area (Å²) in [4.78, 5) is 27.2. The molecule has 0 saturated heterocycles. The van der Waals surface area contributed by atoms with Gasteiger partial charge in [-0.05, 0) is 26.2 Å². The van der Waals surface area contributed by atoms with Crippen LogP contribution in [0.25, 0.3) is 0 Å². The van der Waals surface area contributed by atoms with Crippen molar-refractivity contribution in [3.8, 4) is 0 Å². The van der Waals surface area contributed by atoms with Crippen molar-refractivity contribution in [2.24, 2.45) is 0 Å². The van der Waals surface area contributed by atoms with Crippen molar-refractivity contribution in [1.29, 1.82) is 0 Å². The molecule has 0 aromatic heterocycles. The summed E-state index contributed by atoms with van der Waals surface area (Å²) >= 11 is 0. The molecule has 0 atom stereocenters. The molecule has 0 aliphatic heterocycles. The number of hydrogen-bond donors (Lipinski definition) is 0. The fraction of sp³-hybridized carbons (Fsp3) is 0.867. The molecule has 0 saturated carbocycles. The van der Waals surface area contributed by atoms with Gasteiger partial charge < -0.3 is 19.3 Å². The number of carbonyl (C=O) groups excluding carboxylic acids is 2. The van der Waals surface area contributed by atoms with Crippen LogP contribution in [0.4, 0.5) is 0 Å². The highest BCUT2D eigenvalue weighted by molar-refractivity contribution is 5.91. The Morgan fingerprint density at radius 2 is 1.05 bits per heavy atom. The Bertz CT molecular complexity index is 261. The van der Waals surface area contributed by atoms with Gasteiger partial charge in [0.15, 0.2) is 0 Å². The first-order valence-electron chi connectivity index (χ1n) is 7.83. The van der Waals surface area contributed by atoms with Gasteiger partial charge in [-0.15, -0.1) is 0 Å². The van der Waals surface area contributed by atoms with Crippen LogP contribution in [0, 0.1) is 0 Å². The molecule has 0 aliphatic carbocycles. The first kappa shape index (κ1) is 19.9. The van der Waals surface area contributed by atoms with Crippen LogP contribution in [0.3, 0.4) is 0 Å². The van der Waals surface area contributed by atoms with E-state index in [1.165, 1.54) is 0 Å². The van der Waals surface area contributed by atoms with Crippen molar-refractivity contribution >= 4 is 11.9 Å². The molecular weight excluding hydrogens is 272 g/mol. The van der Waals surface area contributed by atoms with Crippen LogP contribution in [-0.2, 0) is 19.1 Å². The Kier molecular flexibility index (Phi) is 11.9. The van der Waals surface area contributed by atoms with E-state index in [1.54, 1.807) is 0 Å². The van der Waals surface area contributed by atoms with Gasteiger partial charge >= 0.3 is 11.9 Å². The number of nitrogens with zero attached hydrogens (tertiary/aromatic N) is 2. The molecular formula is C15H30N2O4. The van der Waals surface area contributed by atoms with Crippen molar-refractivity contribution in [3.63, 3.8) is 0 Å². The van der Waals surface area contributed by atoms with E-state index in [2.05, 4.69) is 37.5 Å². The van der Waals surface area contributed by atoms with E-state index in [0.717, 1.165) is 26.2 Å². The zero-order valence-corrected chi connectivity index (χ0v) is 13.9. The van der Waals surface area contributed by atoms with Gasteiger partial charge in [0.05, 0.1) is 0 Å². The van der Waals surface area contributed by atoms with Crippen molar-refractivity contribution < 1.29 is 19.1 Å². The number of esters is 2. The van der Waals surface area contributed by atoms with E-state index in [0.29, 0.717) is 26.3 Å². The highest BCUT2D eigenvalue weighted by Gasteiger charge is 2.12. The minimum absolute atomic E-state index is 0.309. The van der Waals surface area contributed by atoms with Crippen LogP contribution in [-0.4, -0.2) is 74.2 Å². The smallest absolute Gasteiger partial charge is 0.317 e. The normalized spacial score (nSPS) is 11.0. The third-order valence-corrected chi connectivity index (χ3v) is 3.42. The predicted molar refractivity (Wildman–Crippen MR) is 82.1 cm³/mol. The molecule has 0 fully saturated rings. The molecule has 0 amide bonds. The van der Waals surface area contributed by atoms with E-state index >= 15 is 0 Å². The maximum Gasteiger partial charge on any atom is 0.317 e. The number of ether oxygens (including phenoxy) is 2. The summed E-state index contributed by atoms with van der Waals surface area (Å²) in [5.41, 5.74) is 0. The van der Waals surface area contributed by atoms with E-state index < -0.39 is 11.9 Å². The molecule has 0 radical (unpaired) electrons. The van der Waals surface area contributed by atoms with Gasteiger partial charge in [-0.2, -0.15) is 0 Å². The number of hydrogen-bond acceptors (Lipinski definition) is 6. The third-order valence-electron chi connectivity index (χ3n) is 3.42. The van der Waals surface area contributed by atoms with Crippen LogP contribution in [0.15, 0.2) is 0 Å². The molecule has 0 heterocycles. The summed E-state index contributed by atoms with van der Waals surface area (Å²) in [5.74, 6) is -1.04. The Balaban J connectivity index is 3.72. The van der Waals surface area contributed by atoms with E-state index in [4.69, 9.17) is 9.47 Å². The Morgan fingerprint density at radius 1 is 0.714 bits per heavy atom. The molecule has 0 aromatic carbocycles. The lowest BCUT2D eigenvalue weighted by Gasteiger charge is -2.18. The molecule has 0 bridgehead atoms. The van der Waals surface area contributed by atoms with E-state index in [9.17, 15) is 9.59 Å². The summed E-state index contributed by atoms with van der Waals surface area (Å²) in [6.07, 6.45) is -0.309. The van der Waals surface area contributed by atoms with Crippen molar-refractivity contribution in [2.75, 3.05) is 52.5 Å². The fourth-order valence-corrected chi connectivity index (χ4v) is 1.88. The number of likely N-dealkylation sites (N-methyl/N-ethyl adjacent to an activating group) is 2. The standard InChI is InChI=1S/C15H30N2O4/c1-5-16(6-2)9-11-20-14(18)13-15(19)21-12-10-17(7-3)8-4/h5-13H2,1-4H3. The molecule has 124 valence electrons. The molecule has 0 rings (SSSR count). The summed E-state index contributed by atoms with van der Waals surface area (Å²) < 4.78 is 10.0. The molecule has 0 aromatic rings. The van der Waals surface area contributed by atoms with Gasteiger partial charge in [0, 0.05) is 13.1 Å². The van der Waals surface area contributed by atoms with Crippen LogP contribution in [0.5, 0.6) is 0 Å². The van der Waals surface area contributed by atoms with Crippen LogP contribution >= 0.6 is 0 Å². The van der Waals surface area contributed by atoms with Crippen molar-refractivity contribution in [2.45, 2.75) is 34.1 Å². The fourth-order valence-electron chi connectivity index (χ4n) is 1.88. The van der Waals surface area contributed by atoms with Crippen LogP contribution < -0.4 is 0 Å². The zero-order valence-electron chi connectivity index (χ0n) is 13.9. The summed E-state index contributed by atoms with van der Waals surface area (Å²) in [7, 11) is 0. The lowest BCUT2D eigenvalue weighted by Crippen LogP contribution is -2.29. The Morgan fingerprint density at radius 3 is 1.33 bits per heavy atom. The Hall–Kier alpha value is -1.14. The van der Waals surface area contributed by atoms with Gasteiger partial charge in [-0.3, -0.25) is 9.59 Å². The Labute approximate surface area is 128 Å². The van der Waals surface area contributed by atoms with Crippen LogP contribution in [0.2, 0.25) is 0 Å². The molecule has 0 spiro atoms. The lowest BCUT2D eigenvalue weighted by molar-refractivity contribution is -0.154. The van der Waals surface area contributed by atoms with E-state index in [-0.39, 0.29) is 6.42 Å². The lowest BCUT2D eigenvalue weighted by atomic mass is 10.4. The van der Waals surface area contributed by atoms with Crippen molar-refractivity contribution in [1.82, 2.24) is 9.80 Å². The average molecular weight is 302 g/mol. The highest BCUT2D eigenvalue weighted by atomic mass is 16.6. The first-order valence-corrected chi connectivity index (χ1v) is 7.83. The molecule has 0 aliphatic rings. The van der Waals surface area contributed by atoms with Gasteiger partial charge in [0.25, 0.3) is 0 Å². The molecule has 6 heteroatoms. The van der Waals surface area contributed by atoms with Crippen LogP contribution in [0.1, 0.15) is 34.1 Å². The predicted octanol–water partition coefficient (Wildman–Crippen LogP) is 1.15. The maximum atomic E-state index is 11.5. The number of carbonyl (C=O) groups is 2. The minimum Gasteiger partial charge on any atom is -0.464 e. The summed E-state index contributed by atoms with van der Waals surface area (Å²) in [5, 5.41) is 0. The summed E-state index contributed by atoms with van der Waals surface area (Å²) in [6, 6.07) is 0. The van der Waals surface area contributed by atoms with E-state index in [1.807, 2.05) is 0 Å². The molecule has 6 nitrogen and oxygen atoms in total. The highest BCUT2D eigenvalue weighted by Crippen LogP contribution is 1.94. The monoisotopic (exact) mass is 302 g/mol. The second-order valence-corrected chi connectivity index (χ2v) is 4.67. The maximum absolute atomic E-state index is 11.5. The van der Waals surface area contributed by atoms with Gasteiger partial charge in [-0.1, -0.05) is 27.7 Å². The molecule has 0 N–H and O–H groups in total. The topological polar surface area (TPSA) is 59.1 Å². The second-order valence-electron chi connectivity index (χ2n) is 4.67. The quantitative estimate of drug-likeness (QED) is 0.398.